The summed E-state index contributed by atoms with van der Waals surface area (Å²) >= 11 is 1.48. The zero-order valence-electron chi connectivity index (χ0n) is 10.9. The van der Waals surface area contributed by atoms with Gasteiger partial charge < -0.3 is 15.0 Å². The molecule has 2 bridgehead atoms. The van der Waals surface area contributed by atoms with Gasteiger partial charge in [0.25, 0.3) is 5.91 Å². The van der Waals surface area contributed by atoms with Crippen LogP contribution in [0.4, 0.5) is 0 Å². The van der Waals surface area contributed by atoms with E-state index in [9.17, 15) is 4.79 Å². The second-order valence-electron chi connectivity index (χ2n) is 4.94. The van der Waals surface area contributed by atoms with Crippen molar-refractivity contribution in [3.63, 3.8) is 0 Å². The highest BCUT2D eigenvalue weighted by atomic mass is 35.5. The molecule has 6 heteroatoms. The number of hydrogen-bond acceptors (Lipinski definition) is 4. The lowest BCUT2D eigenvalue weighted by Gasteiger charge is -2.27. The Kier molecular flexibility index (Phi) is 4.71. The van der Waals surface area contributed by atoms with Gasteiger partial charge in [-0.1, -0.05) is 0 Å². The van der Waals surface area contributed by atoms with E-state index in [0.29, 0.717) is 12.1 Å². The number of halogens is 1. The van der Waals surface area contributed by atoms with Crippen molar-refractivity contribution < 1.29 is 9.53 Å². The molecule has 0 aromatic carbocycles. The molecule has 3 rings (SSSR count). The first kappa shape index (κ1) is 14.6. The summed E-state index contributed by atoms with van der Waals surface area (Å²) in [4.78, 5) is 15.5. The maximum absolute atomic E-state index is 12.6. The number of thiophene rings is 1. The van der Waals surface area contributed by atoms with E-state index < -0.39 is 0 Å². The Hall–Kier alpha value is -0.780. The Labute approximate surface area is 123 Å². The molecule has 2 unspecified atom stereocenters. The van der Waals surface area contributed by atoms with Gasteiger partial charge in [-0.25, -0.2) is 0 Å². The highest BCUT2D eigenvalue weighted by Gasteiger charge is 2.38. The molecule has 19 heavy (non-hydrogen) atoms. The molecular formula is C13H19ClN2O2S. The maximum atomic E-state index is 12.6. The Bertz CT molecular complexity index is 438. The van der Waals surface area contributed by atoms with Gasteiger partial charge in [0.2, 0.25) is 0 Å². The first-order valence-corrected chi connectivity index (χ1v) is 7.33. The number of ether oxygens (including phenoxy) is 1. The van der Waals surface area contributed by atoms with Gasteiger partial charge in [-0.05, 0) is 25.8 Å². The average Bonchev–Trinajstić information content (AvgIpc) is 2.92. The van der Waals surface area contributed by atoms with Crippen molar-refractivity contribution in [1.29, 1.82) is 0 Å². The van der Waals surface area contributed by atoms with E-state index in [4.69, 9.17) is 4.74 Å². The third-order valence-corrected chi connectivity index (χ3v) is 4.81. The van der Waals surface area contributed by atoms with Crippen LogP contribution in [0.1, 0.15) is 28.9 Å². The first-order valence-electron chi connectivity index (χ1n) is 6.45. The molecule has 1 amide bonds. The molecule has 0 radical (unpaired) electrons. The topological polar surface area (TPSA) is 41.6 Å². The fourth-order valence-corrected chi connectivity index (χ4v) is 3.78. The number of carbonyl (C=O) groups is 1. The molecule has 1 aromatic heterocycles. The van der Waals surface area contributed by atoms with Crippen molar-refractivity contribution in [1.82, 2.24) is 10.2 Å². The van der Waals surface area contributed by atoms with Crippen LogP contribution in [0.25, 0.3) is 0 Å². The minimum absolute atomic E-state index is 0. The van der Waals surface area contributed by atoms with Crippen LogP contribution >= 0.6 is 23.7 Å². The SMILES string of the molecule is COc1csc(C(=O)N2C3CCNCC2CC3)c1.Cl. The molecule has 0 spiro atoms. The Morgan fingerprint density at radius 3 is 2.95 bits per heavy atom. The summed E-state index contributed by atoms with van der Waals surface area (Å²) in [6, 6.07) is 2.65. The largest absolute Gasteiger partial charge is 0.496 e. The number of rotatable bonds is 2. The number of methoxy groups -OCH3 is 1. The lowest BCUT2D eigenvalue weighted by Crippen LogP contribution is -2.42. The Morgan fingerprint density at radius 2 is 2.21 bits per heavy atom. The molecule has 106 valence electrons. The number of fused-ring (bicyclic) bond motifs is 2. The summed E-state index contributed by atoms with van der Waals surface area (Å²) in [6.07, 6.45) is 3.36. The molecule has 2 saturated heterocycles. The van der Waals surface area contributed by atoms with Crippen LogP contribution in [0.2, 0.25) is 0 Å². The molecule has 3 heterocycles. The predicted octanol–water partition coefficient (Wildman–Crippen LogP) is 2.15. The molecular weight excluding hydrogens is 284 g/mol. The van der Waals surface area contributed by atoms with Crippen molar-refractivity contribution in [3.05, 3.63) is 16.3 Å². The summed E-state index contributed by atoms with van der Waals surface area (Å²) in [7, 11) is 1.63. The minimum atomic E-state index is 0. The van der Waals surface area contributed by atoms with Gasteiger partial charge in [0.05, 0.1) is 12.0 Å². The zero-order chi connectivity index (χ0) is 12.5. The molecule has 2 atom stereocenters. The maximum Gasteiger partial charge on any atom is 0.264 e. The lowest BCUT2D eigenvalue weighted by atomic mass is 10.1. The van der Waals surface area contributed by atoms with Gasteiger partial charge in [0.1, 0.15) is 5.75 Å². The van der Waals surface area contributed by atoms with Crippen LogP contribution in [-0.2, 0) is 0 Å². The number of amides is 1. The second kappa shape index (κ2) is 6.11. The zero-order valence-corrected chi connectivity index (χ0v) is 12.6. The van der Waals surface area contributed by atoms with Gasteiger partial charge in [-0.3, -0.25) is 4.79 Å². The summed E-state index contributed by atoms with van der Waals surface area (Å²) < 4.78 is 5.15. The van der Waals surface area contributed by atoms with Crippen molar-refractivity contribution in [2.24, 2.45) is 0 Å². The van der Waals surface area contributed by atoms with Crippen LogP contribution in [0.5, 0.6) is 5.75 Å². The van der Waals surface area contributed by atoms with Gasteiger partial charge in [-0.2, -0.15) is 0 Å². The number of nitrogens with one attached hydrogen (secondary N) is 1. The van der Waals surface area contributed by atoms with Crippen LogP contribution < -0.4 is 10.1 Å². The lowest BCUT2D eigenvalue weighted by molar-refractivity contribution is 0.0685. The third-order valence-electron chi connectivity index (χ3n) is 3.91. The van der Waals surface area contributed by atoms with Crippen molar-refractivity contribution in [3.8, 4) is 5.75 Å². The molecule has 1 aromatic rings. The van der Waals surface area contributed by atoms with Crippen molar-refractivity contribution >= 4 is 29.7 Å². The van der Waals surface area contributed by atoms with Crippen molar-refractivity contribution in [2.75, 3.05) is 20.2 Å². The van der Waals surface area contributed by atoms with Crippen LogP contribution in [0, 0.1) is 0 Å². The van der Waals surface area contributed by atoms with E-state index in [1.54, 1.807) is 7.11 Å². The minimum Gasteiger partial charge on any atom is -0.496 e. The summed E-state index contributed by atoms with van der Waals surface area (Å²) in [5.41, 5.74) is 0. The number of nitrogens with zero attached hydrogens (tertiary/aromatic N) is 1. The van der Waals surface area contributed by atoms with Gasteiger partial charge in [0, 0.05) is 30.1 Å². The van der Waals surface area contributed by atoms with E-state index in [2.05, 4.69) is 10.2 Å². The van der Waals surface area contributed by atoms with Gasteiger partial charge in [-0.15, -0.1) is 23.7 Å². The summed E-state index contributed by atoms with van der Waals surface area (Å²) in [5.74, 6) is 0.961. The number of carbonyl (C=O) groups excluding carboxylic acids is 1. The fraction of sp³-hybridized carbons (Fsp3) is 0.615. The average molecular weight is 303 g/mol. The molecule has 2 fully saturated rings. The van der Waals surface area contributed by atoms with E-state index in [1.165, 1.54) is 11.3 Å². The quantitative estimate of drug-likeness (QED) is 0.910. The fourth-order valence-electron chi connectivity index (χ4n) is 2.98. The summed E-state index contributed by atoms with van der Waals surface area (Å²) in [5, 5.41) is 5.31. The molecule has 4 nitrogen and oxygen atoms in total. The third kappa shape index (κ3) is 2.73. The van der Waals surface area contributed by atoms with Gasteiger partial charge >= 0.3 is 0 Å². The molecule has 0 aliphatic carbocycles. The van der Waals surface area contributed by atoms with E-state index in [-0.39, 0.29) is 18.3 Å². The van der Waals surface area contributed by atoms with Crippen LogP contribution in [0.3, 0.4) is 0 Å². The molecule has 0 saturated carbocycles. The number of hydrogen-bond donors (Lipinski definition) is 1. The summed E-state index contributed by atoms with van der Waals surface area (Å²) in [6.45, 7) is 1.96. The standard InChI is InChI=1S/C13H18N2O2S.ClH/c1-17-11-6-12(18-8-11)13(16)15-9-2-3-10(15)7-14-5-4-9;/h6,8-10,14H,2-5,7H2,1H3;1H. The molecule has 2 aliphatic rings. The predicted molar refractivity (Wildman–Crippen MR) is 78.6 cm³/mol. The van der Waals surface area contributed by atoms with E-state index in [0.717, 1.165) is 43.0 Å². The van der Waals surface area contributed by atoms with Gasteiger partial charge in [0.15, 0.2) is 0 Å². The first-order chi connectivity index (χ1) is 8.79. The second-order valence-corrected chi connectivity index (χ2v) is 5.85. The molecule has 1 N–H and O–H groups in total. The van der Waals surface area contributed by atoms with E-state index in [1.807, 2.05) is 11.4 Å². The Morgan fingerprint density at radius 1 is 1.42 bits per heavy atom. The molecule has 2 aliphatic heterocycles. The smallest absolute Gasteiger partial charge is 0.264 e. The van der Waals surface area contributed by atoms with Crippen LogP contribution in [-0.4, -0.2) is 43.1 Å². The van der Waals surface area contributed by atoms with E-state index >= 15 is 0 Å². The highest BCUT2D eigenvalue weighted by Crippen LogP contribution is 2.31. The Balaban J connectivity index is 0.00000133. The highest BCUT2D eigenvalue weighted by molar-refractivity contribution is 7.12. The normalized spacial score (nSPS) is 25.6. The van der Waals surface area contributed by atoms with Crippen LogP contribution in [0.15, 0.2) is 11.4 Å². The van der Waals surface area contributed by atoms with Crippen molar-refractivity contribution in [2.45, 2.75) is 31.3 Å². The monoisotopic (exact) mass is 302 g/mol.